The predicted octanol–water partition coefficient (Wildman–Crippen LogP) is -3.79. The summed E-state index contributed by atoms with van der Waals surface area (Å²) in [6, 6.07) is -8.59. The number of guanidine groups is 1. The highest BCUT2D eigenvalue weighted by molar-refractivity contribution is 5.97. The van der Waals surface area contributed by atoms with Gasteiger partial charge in [0.05, 0.1) is 13.2 Å². The Labute approximate surface area is 309 Å². The molecule has 53 heavy (non-hydrogen) atoms. The molecule has 1 fully saturated rings. The summed E-state index contributed by atoms with van der Waals surface area (Å²) < 4.78 is 0. The molecule has 14 N–H and O–H groups in total. The third-order valence-corrected chi connectivity index (χ3v) is 8.56. The van der Waals surface area contributed by atoms with Crippen molar-refractivity contribution < 1.29 is 48.9 Å². The number of aliphatic carboxylic acids is 1. The Bertz CT molecular complexity index is 1310. The number of carboxylic acid groups (broad SMARTS) is 1. The Morgan fingerprint density at radius 1 is 0.755 bits per heavy atom. The van der Waals surface area contributed by atoms with Crippen molar-refractivity contribution in [3.05, 3.63) is 0 Å². The first kappa shape index (κ1) is 46.5. The molecule has 0 aromatic carbocycles. The number of hydrogen-bond donors (Lipinski definition) is 11. The Morgan fingerprint density at radius 3 is 1.83 bits per heavy atom. The minimum absolute atomic E-state index is 0.00405. The second-order valence-corrected chi connectivity index (χ2v) is 14.2. The Morgan fingerprint density at radius 2 is 1.32 bits per heavy atom. The number of amides is 6. The van der Waals surface area contributed by atoms with Gasteiger partial charge in [0.15, 0.2) is 5.96 Å². The van der Waals surface area contributed by atoms with Crippen LogP contribution in [0.1, 0.15) is 73.6 Å². The maximum atomic E-state index is 13.7. The van der Waals surface area contributed by atoms with Gasteiger partial charge >= 0.3 is 5.97 Å². The van der Waals surface area contributed by atoms with Gasteiger partial charge in [-0.1, -0.05) is 41.5 Å². The quantitative estimate of drug-likeness (QED) is 0.0287. The number of nitrogens with one attached hydrogen (secondary N) is 5. The molecule has 7 atom stereocenters. The number of likely N-dealkylation sites (tertiary alicyclic amines) is 1. The SMILES string of the molecule is CC(C)C[C@H](NC(=O)[C@@H]1CCCN1C(=O)[C@H](CO)NC(=O)[C@H](CCCN=C(N)N)NC(=O)[C@@H](N)CO)C(=O)N[C@H](C(=O)N[C@H](C(=O)O)C(C)C)C(C)C. The van der Waals surface area contributed by atoms with Crippen LogP contribution in [0.25, 0.3) is 0 Å². The van der Waals surface area contributed by atoms with E-state index in [4.69, 9.17) is 17.2 Å². The van der Waals surface area contributed by atoms with Gasteiger partial charge in [0, 0.05) is 13.1 Å². The lowest BCUT2D eigenvalue weighted by atomic mass is 9.98. The molecule has 0 aromatic rings. The first-order valence-corrected chi connectivity index (χ1v) is 17.8. The van der Waals surface area contributed by atoms with Crippen molar-refractivity contribution in [3.63, 3.8) is 0 Å². The molecule has 0 bridgehead atoms. The zero-order chi connectivity index (χ0) is 40.6. The van der Waals surface area contributed by atoms with Gasteiger partial charge in [0.1, 0.15) is 42.3 Å². The number of carbonyl (C=O) groups is 7. The van der Waals surface area contributed by atoms with Gasteiger partial charge < -0.3 is 64.0 Å². The number of aliphatic hydroxyl groups is 2. The zero-order valence-corrected chi connectivity index (χ0v) is 31.5. The van der Waals surface area contributed by atoms with E-state index in [1.165, 1.54) is 4.90 Å². The van der Waals surface area contributed by atoms with E-state index in [0.29, 0.717) is 6.42 Å². The van der Waals surface area contributed by atoms with E-state index in [1.807, 2.05) is 13.8 Å². The molecule has 302 valence electrons. The third kappa shape index (κ3) is 15.1. The number of nitrogens with two attached hydrogens (primary N) is 3. The van der Waals surface area contributed by atoms with Crippen molar-refractivity contribution in [1.82, 2.24) is 31.5 Å². The van der Waals surface area contributed by atoms with Crippen LogP contribution in [-0.2, 0) is 33.6 Å². The second-order valence-electron chi connectivity index (χ2n) is 14.2. The van der Waals surface area contributed by atoms with Crippen LogP contribution < -0.4 is 43.8 Å². The van der Waals surface area contributed by atoms with Crippen molar-refractivity contribution in [3.8, 4) is 0 Å². The highest BCUT2D eigenvalue weighted by Crippen LogP contribution is 2.20. The molecule has 0 radical (unpaired) electrons. The highest BCUT2D eigenvalue weighted by atomic mass is 16.4. The minimum atomic E-state index is -1.51. The number of carbonyl (C=O) groups excluding carboxylic acids is 6. The molecule has 1 aliphatic heterocycles. The molecule has 20 heteroatoms. The molecular weight excluding hydrogens is 696 g/mol. The molecule has 0 unspecified atom stereocenters. The summed E-state index contributed by atoms with van der Waals surface area (Å²) in [4.78, 5) is 96.4. The van der Waals surface area contributed by atoms with Crippen molar-refractivity contribution in [2.75, 3.05) is 26.3 Å². The summed E-state index contributed by atoms with van der Waals surface area (Å²) >= 11 is 0. The molecule has 0 saturated carbocycles. The molecule has 20 nitrogen and oxygen atoms in total. The maximum absolute atomic E-state index is 13.7. The number of hydrogen-bond acceptors (Lipinski definition) is 11. The fourth-order valence-corrected chi connectivity index (χ4v) is 5.61. The smallest absolute Gasteiger partial charge is 0.326 e. The Kier molecular flexibility index (Phi) is 19.7. The monoisotopic (exact) mass is 756 g/mol. The molecule has 0 aliphatic carbocycles. The molecule has 0 spiro atoms. The van der Waals surface area contributed by atoms with E-state index in [-0.39, 0.29) is 50.7 Å². The Hall–Kier alpha value is -4.56. The van der Waals surface area contributed by atoms with Crippen LogP contribution in [0.4, 0.5) is 0 Å². The number of rotatable bonds is 22. The number of carboxylic acids is 1. The van der Waals surface area contributed by atoms with Crippen LogP contribution in [-0.4, -0.2) is 136 Å². The fourth-order valence-electron chi connectivity index (χ4n) is 5.61. The normalized spacial score (nSPS) is 17.6. The number of nitrogens with zero attached hydrogens (tertiary/aromatic N) is 2. The summed E-state index contributed by atoms with van der Waals surface area (Å²) in [6.07, 6.45) is 1.01. The summed E-state index contributed by atoms with van der Waals surface area (Å²) in [7, 11) is 0. The molecule has 6 amide bonds. The second kappa shape index (κ2) is 22.5. The van der Waals surface area contributed by atoms with Crippen molar-refractivity contribution in [1.29, 1.82) is 0 Å². The fraction of sp³-hybridized carbons (Fsp3) is 0.758. The van der Waals surface area contributed by atoms with E-state index >= 15 is 0 Å². The van der Waals surface area contributed by atoms with Gasteiger partial charge in [-0.3, -0.25) is 33.8 Å². The van der Waals surface area contributed by atoms with Crippen LogP contribution in [0, 0.1) is 17.8 Å². The summed E-state index contributed by atoms with van der Waals surface area (Å²) in [5.74, 6) is -6.86. The average Bonchev–Trinajstić information content (AvgIpc) is 3.58. The molecule has 1 rings (SSSR count). The first-order valence-electron chi connectivity index (χ1n) is 17.8. The lowest BCUT2D eigenvalue weighted by molar-refractivity contribution is -0.144. The van der Waals surface area contributed by atoms with E-state index < -0.39 is 109 Å². The molecular formula is C33H60N10O10. The first-order chi connectivity index (χ1) is 24.7. The predicted molar refractivity (Wildman–Crippen MR) is 193 cm³/mol. The van der Waals surface area contributed by atoms with Crippen LogP contribution in [0.5, 0.6) is 0 Å². The van der Waals surface area contributed by atoms with Crippen LogP contribution >= 0.6 is 0 Å². The van der Waals surface area contributed by atoms with Gasteiger partial charge in [-0.25, -0.2) is 4.79 Å². The van der Waals surface area contributed by atoms with Gasteiger partial charge in [-0.2, -0.15) is 0 Å². The van der Waals surface area contributed by atoms with Crippen LogP contribution in [0.2, 0.25) is 0 Å². The topological polar surface area (TPSA) is 334 Å². The Balaban J connectivity index is 3.15. The largest absolute Gasteiger partial charge is 0.480 e. The molecule has 0 aromatic heterocycles. The molecule has 1 heterocycles. The van der Waals surface area contributed by atoms with Gasteiger partial charge in [-0.05, 0) is 49.9 Å². The summed E-state index contributed by atoms with van der Waals surface area (Å²) in [5, 5.41) is 41.5. The van der Waals surface area contributed by atoms with E-state index in [2.05, 4.69) is 31.6 Å². The van der Waals surface area contributed by atoms with E-state index in [0.717, 1.165) is 0 Å². The van der Waals surface area contributed by atoms with Crippen LogP contribution in [0.3, 0.4) is 0 Å². The van der Waals surface area contributed by atoms with E-state index in [1.54, 1.807) is 27.7 Å². The van der Waals surface area contributed by atoms with Crippen molar-refractivity contribution >= 4 is 47.4 Å². The summed E-state index contributed by atoms with van der Waals surface area (Å²) in [5.41, 5.74) is 16.2. The summed E-state index contributed by atoms with van der Waals surface area (Å²) in [6.45, 7) is 8.96. The number of aliphatic hydroxyl groups excluding tert-OH is 2. The van der Waals surface area contributed by atoms with Crippen molar-refractivity contribution in [2.24, 2.45) is 39.9 Å². The van der Waals surface area contributed by atoms with Gasteiger partial charge in [0.2, 0.25) is 35.4 Å². The lowest BCUT2D eigenvalue weighted by Gasteiger charge is -2.31. The van der Waals surface area contributed by atoms with Crippen LogP contribution in [0.15, 0.2) is 4.99 Å². The zero-order valence-electron chi connectivity index (χ0n) is 31.5. The average molecular weight is 757 g/mol. The highest BCUT2D eigenvalue weighted by Gasteiger charge is 2.40. The lowest BCUT2D eigenvalue weighted by Crippen LogP contribution is -2.60. The van der Waals surface area contributed by atoms with Crippen molar-refractivity contribution in [2.45, 2.75) is 116 Å². The van der Waals surface area contributed by atoms with E-state index in [9.17, 15) is 48.9 Å². The third-order valence-electron chi connectivity index (χ3n) is 8.56. The molecule has 1 aliphatic rings. The maximum Gasteiger partial charge on any atom is 0.326 e. The standard InChI is InChI=1S/C33H60N10O10/c1-16(2)13-21(28(48)41-24(17(3)4)30(50)42-25(18(5)6)32(52)53)39-29(49)23-10-8-12-43(23)31(51)22(15-45)40-27(47)20(9-7-11-37-33(35)36)38-26(46)19(34)14-44/h16-25,44-45H,7-15,34H2,1-6H3,(H,38,46)(H,39,49)(H,40,47)(H,41,48)(H,42,50)(H,52,53)(H4,35,36,37)/t19-,20-,21-,22-,23-,24-,25-/m0/s1. The van der Waals surface area contributed by atoms with Gasteiger partial charge in [-0.15, -0.1) is 0 Å². The molecule has 1 saturated heterocycles. The number of aliphatic imine (C=N–C) groups is 1. The van der Waals surface area contributed by atoms with Gasteiger partial charge in [0.25, 0.3) is 0 Å². The minimum Gasteiger partial charge on any atom is -0.480 e.